The van der Waals surface area contributed by atoms with E-state index in [1.54, 1.807) is 31.2 Å². The Kier molecular flexibility index (Phi) is 4.59. The summed E-state index contributed by atoms with van der Waals surface area (Å²) in [5, 5.41) is 0.553. The molecule has 0 atom stereocenters. The fourth-order valence-electron chi connectivity index (χ4n) is 1.79. The van der Waals surface area contributed by atoms with Gasteiger partial charge in [0.1, 0.15) is 6.54 Å². The minimum atomic E-state index is -0.666. The molecule has 0 spiro atoms. The van der Waals surface area contributed by atoms with Crippen LogP contribution in [0, 0.1) is 0 Å². The molecule has 0 unspecified atom stereocenters. The van der Waals surface area contributed by atoms with E-state index >= 15 is 0 Å². The largest absolute Gasteiger partial charge is 0.465 e. The van der Waals surface area contributed by atoms with Crippen LogP contribution in [0.3, 0.4) is 0 Å². The van der Waals surface area contributed by atoms with E-state index in [-0.39, 0.29) is 6.61 Å². The predicted molar refractivity (Wildman–Crippen MR) is 78.4 cm³/mol. The summed E-state index contributed by atoms with van der Waals surface area (Å²) in [5.74, 6) is -0.635. The number of aromatic nitrogens is 2. The second kappa shape index (κ2) is 6.41. The van der Waals surface area contributed by atoms with Gasteiger partial charge < -0.3 is 9.72 Å². The maximum atomic E-state index is 11.9. The molecule has 0 saturated heterocycles. The van der Waals surface area contributed by atoms with E-state index in [9.17, 15) is 14.4 Å². The van der Waals surface area contributed by atoms with Gasteiger partial charge >= 0.3 is 11.7 Å². The molecule has 0 aliphatic carbocycles. The van der Waals surface area contributed by atoms with Crippen molar-refractivity contribution in [1.82, 2.24) is 9.55 Å². The van der Waals surface area contributed by atoms with Crippen molar-refractivity contribution >= 4 is 17.6 Å². The Morgan fingerprint density at radius 1 is 1.29 bits per heavy atom. The van der Waals surface area contributed by atoms with Gasteiger partial charge in [0.25, 0.3) is 5.56 Å². The van der Waals surface area contributed by atoms with Crippen LogP contribution in [0.4, 0.5) is 0 Å². The number of nitrogens with one attached hydrogen (secondary N) is 1. The van der Waals surface area contributed by atoms with Gasteiger partial charge in [0.15, 0.2) is 0 Å². The number of hydrogen-bond donors (Lipinski definition) is 1. The number of nitrogens with zero attached hydrogens (tertiary/aromatic N) is 1. The van der Waals surface area contributed by atoms with Crippen LogP contribution in [0.25, 0.3) is 11.3 Å². The van der Waals surface area contributed by atoms with Crippen molar-refractivity contribution in [3.8, 4) is 11.3 Å². The number of rotatable bonds is 4. The summed E-state index contributed by atoms with van der Waals surface area (Å²) in [6, 6.07) is 7.92. The van der Waals surface area contributed by atoms with Crippen LogP contribution in [-0.2, 0) is 16.1 Å². The van der Waals surface area contributed by atoms with Gasteiger partial charge in [-0.05, 0) is 24.6 Å². The fourth-order valence-corrected chi connectivity index (χ4v) is 1.92. The molecular weight excluding hydrogens is 296 g/mol. The van der Waals surface area contributed by atoms with E-state index < -0.39 is 23.8 Å². The van der Waals surface area contributed by atoms with Crippen molar-refractivity contribution in [2.75, 3.05) is 6.61 Å². The zero-order chi connectivity index (χ0) is 15.4. The summed E-state index contributed by atoms with van der Waals surface area (Å²) in [4.78, 5) is 37.8. The molecule has 0 saturated carbocycles. The van der Waals surface area contributed by atoms with Crippen LogP contribution < -0.4 is 11.2 Å². The van der Waals surface area contributed by atoms with Gasteiger partial charge in [0.05, 0.1) is 12.3 Å². The van der Waals surface area contributed by atoms with Gasteiger partial charge in [0, 0.05) is 11.1 Å². The lowest BCUT2D eigenvalue weighted by molar-refractivity contribution is -0.143. The molecule has 2 rings (SSSR count). The normalized spacial score (nSPS) is 10.4. The Morgan fingerprint density at radius 3 is 2.52 bits per heavy atom. The van der Waals surface area contributed by atoms with Crippen molar-refractivity contribution in [2.45, 2.75) is 13.5 Å². The summed E-state index contributed by atoms with van der Waals surface area (Å²) in [6.07, 6.45) is 0. The number of hydrogen-bond acceptors (Lipinski definition) is 4. The van der Waals surface area contributed by atoms with Gasteiger partial charge in [-0.1, -0.05) is 23.7 Å². The SMILES string of the molecule is CCOC(=O)Cn1c(=O)cc(-c2ccc(Cl)cc2)[nH]c1=O. The molecule has 6 nitrogen and oxygen atoms in total. The third-order valence-corrected chi connectivity index (χ3v) is 3.02. The monoisotopic (exact) mass is 308 g/mol. The van der Waals surface area contributed by atoms with E-state index in [4.69, 9.17) is 16.3 Å². The highest BCUT2D eigenvalue weighted by molar-refractivity contribution is 6.30. The molecule has 110 valence electrons. The molecule has 0 amide bonds. The van der Waals surface area contributed by atoms with E-state index in [0.29, 0.717) is 16.3 Å². The summed E-state index contributed by atoms with van der Waals surface area (Å²) < 4.78 is 5.51. The van der Waals surface area contributed by atoms with Crippen LogP contribution in [0.5, 0.6) is 0 Å². The topological polar surface area (TPSA) is 81.2 Å². The summed E-state index contributed by atoms with van der Waals surface area (Å²) in [6.45, 7) is 1.42. The zero-order valence-electron chi connectivity index (χ0n) is 11.3. The molecule has 7 heteroatoms. The predicted octanol–water partition coefficient (Wildman–Crippen LogP) is 1.42. The second-order valence-corrected chi connectivity index (χ2v) is 4.66. The van der Waals surface area contributed by atoms with Crippen LogP contribution in [0.1, 0.15) is 6.92 Å². The molecule has 0 aliphatic heterocycles. The van der Waals surface area contributed by atoms with E-state index in [0.717, 1.165) is 4.57 Å². The van der Waals surface area contributed by atoms with Crippen molar-refractivity contribution in [1.29, 1.82) is 0 Å². The van der Waals surface area contributed by atoms with E-state index in [1.807, 2.05) is 0 Å². The van der Waals surface area contributed by atoms with Crippen LogP contribution in [-0.4, -0.2) is 22.1 Å². The average Bonchev–Trinajstić information content (AvgIpc) is 2.44. The number of benzene rings is 1. The Labute approximate surface area is 124 Å². The first-order valence-corrected chi connectivity index (χ1v) is 6.64. The maximum absolute atomic E-state index is 11.9. The van der Waals surface area contributed by atoms with Crippen LogP contribution in [0.15, 0.2) is 39.9 Å². The lowest BCUT2D eigenvalue weighted by atomic mass is 10.1. The number of H-pyrrole nitrogens is 1. The molecule has 1 aromatic carbocycles. The molecule has 2 aromatic rings. The number of carbonyl (C=O) groups excluding carboxylic acids is 1. The highest BCUT2D eigenvalue weighted by atomic mass is 35.5. The summed E-state index contributed by atoms with van der Waals surface area (Å²) in [5.41, 5.74) is -0.226. The lowest BCUT2D eigenvalue weighted by Crippen LogP contribution is -2.37. The van der Waals surface area contributed by atoms with Crippen molar-refractivity contribution < 1.29 is 9.53 Å². The fraction of sp³-hybridized carbons (Fsp3) is 0.214. The number of ether oxygens (including phenoxy) is 1. The van der Waals surface area contributed by atoms with E-state index in [1.165, 1.54) is 6.07 Å². The molecule has 0 bridgehead atoms. The first kappa shape index (κ1) is 15.1. The van der Waals surface area contributed by atoms with Crippen molar-refractivity contribution in [3.05, 3.63) is 56.2 Å². The molecule has 1 N–H and O–H groups in total. The quantitative estimate of drug-likeness (QED) is 0.866. The Balaban J connectivity index is 2.37. The first-order chi connectivity index (χ1) is 10.0. The summed E-state index contributed by atoms with van der Waals surface area (Å²) in [7, 11) is 0. The van der Waals surface area contributed by atoms with E-state index in [2.05, 4.69) is 4.98 Å². The van der Waals surface area contributed by atoms with Crippen molar-refractivity contribution in [2.24, 2.45) is 0 Å². The summed E-state index contributed by atoms with van der Waals surface area (Å²) >= 11 is 5.78. The van der Waals surface area contributed by atoms with Gasteiger partial charge in [-0.25, -0.2) is 9.36 Å². The Morgan fingerprint density at radius 2 is 1.95 bits per heavy atom. The van der Waals surface area contributed by atoms with Gasteiger partial charge in [-0.2, -0.15) is 0 Å². The average molecular weight is 309 g/mol. The lowest BCUT2D eigenvalue weighted by Gasteiger charge is -2.06. The zero-order valence-corrected chi connectivity index (χ0v) is 12.0. The molecular formula is C14H13ClN2O4. The Hall–Kier alpha value is -2.34. The highest BCUT2D eigenvalue weighted by Crippen LogP contribution is 2.17. The van der Waals surface area contributed by atoms with Gasteiger partial charge in [0.2, 0.25) is 0 Å². The maximum Gasteiger partial charge on any atom is 0.329 e. The molecule has 0 fully saturated rings. The van der Waals surface area contributed by atoms with Gasteiger partial charge in [-0.15, -0.1) is 0 Å². The first-order valence-electron chi connectivity index (χ1n) is 6.27. The number of esters is 1. The standard InChI is InChI=1S/C14H13ClN2O4/c1-2-21-13(19)8-17-12(18)7-11(16-14(17)20)9-3-5-10(15)6-4-9/h3-7H,2,8H2,1H3,(H,16,20). The third kappa shape index (κ3) is 3.61. The number of carbonyl (C=O) groups is 1. The molecule has 1 aromatic heterocycles. The molecule has 21 heavy (non-hydrogen) atoms. The molecule has 0 radical (unpaired) electrons. The highest BCUT2D eigenvalue weighted by Gasteiger charge is 2.10. The minimum absolute atomic E-state index is 0.189. The Bertz CT molecular complexity index is 731. The second-order valence-electron chi connectivity index (χ2n) is 4.22. The van der Waals surface area contributed by atoms with Crippen LogP contribution in [0.2, 0.25) is 5.02 Å². The molecule has 0 aliphatic rings. The minimum Gasteiger partial charge on any atom is -0.465 e. The third-order valence-electron chi connectivity index (χ3n) is 2.77. The smallest absolute Gasteiger partial charge is 0.329 e. The molecule has 1 heterocycles. The van der Waals surface area contributed by atoms with Crippen molar-refractivity contribution in [3.63, 3.8) is 0 Å². The number of aromatic amines is 1. The van der Waals surface area contributed by atoms with Gasteiger partial charge in [-0.3, -0.25) is 9.59 Å². The van der Waals surface area contributed by atoms with Crippen LogP contribution >= 0.6 is 11.6 Å². The number of halogens is 1.